The topological polar surface area (TPSA) is 21.3 Å². The lowest BCUT2D eigenvalue weighted by molar-refractivity contribution is 0.306. The van der Waals surface area contributed by atoms with Crippen molar-refractivity contribution in [2.45, 2.75) is 45.2 Å². The molecule has 0 amide bonds. The molecule has 0 unspecified atom stereocenters. The summed E-state index contributed by atoms with van der Waals surface area (Å²) >= 11 is 3.53. The molecular formula is C15H22BrNO. The van der Waals surface area contributed by atoms with E-state index in [4.69, 9.17) is 4.74 Å². The summed E-state index contributed by atoms with van der Waals surface area (Å²) in [6.45, 7) is 3.30. The minimum atomic E-state index is 0.696. The van der Waals surface area contributed by atoms with E-state index >= 15 is 0 Å². The smallest absolute Gasteiger partial charge is 0.133 e. The maximum Gasteiger partial charge on any atom is 0.133 e. The van der Waals surface area contributed by atoms with Crippen molar-refractivity contribution in [2.75, 3.05) is 7.11 Å². The third kappa shape index (κ3) is 3.72. The van der Waals surface area contributed by atoms with Crippen molar-refractivity contribution in [1.82, 2.24) is 5.32 Å². The molecule has 0 bridgehead atoms. The summed E-state index contributed by atoms with van der Waals surface area (Å²) < 4.78 is 6.27. The van der Waals surface area contributed by atoms with Crippen LogP contribution in [0.1, 0.15) is 38.2 Å². The highest BCUT2D eigenvalue weighted by Gasteiger charge is 2.17. The number of methoxy groups -OCH3 is 1. The van der Waals surface area contributed by atoms with Gasteiger partial charge in [0.25, 0.3) is 0 Å². The summed E-state index contributed by atoms with van der Waals surface area (Å²) in [5, 5.41) is 3.66. The van der Waals surface area contributed by atoms with Crippen molar-refractivity contribution in [3.8, 4) is 5.75 Å². The Bertz CT molecular complexity index is 386. The van der Waals surface area contributed by atoms with E-state index < -0.39 is 0 Å². The van der Waals surface area contributed by atoms with Crippen molar-refractivity contribution < 1.29 is 4.74 Å². The van der Waals surface area contributed by atoms with Gasteiger partial charge in [-0.1, -0.05) is 13.0 Å². The lowest BCUT2D eigenvalue weighted by Crippen LogP contribution is -2.32. The van der Waals surface area contributed by atoms with Crippen molar-refractivity contribution in [3.63, 3.8) is 0 Å². The van der Waals surface area contributed by atoms with Crippen molar-refractivity contribution in [2.24, 2.45) is 5.92 Å². The first-order valence-corrected chi connectivity index (χ1v) is 7.54. The van der Waals surface area contributed by atoms with Gasteiger partial charge in [-0.2, -0.15) is 0 Å². The molecule has 3 heteroatoms. The Labute approximate surface area is 118 Å². The van der Waals surface area contributed by atoms with Crippen molar-refractivity contribution >= 4 is 15.9 Å². The van der Waals surface area contributed by atoms with Gasteiger partial charge >= 0.3 is 0 Å². The molecule has 100 valence electrons. The third-order valence-corrected chi connectivity index (χ3v) is 4.45. The quantitative estimate of drug-likeness (QED) is 0.903. The van der Waals surface area contributed by atoms with Crippen LogP contribution in [0.3, 0.4) is 0 Å². The standard InChI is InChI=1S/C15H22BrNO/c1-11-3-6-13(7-4-11)17-10-12-5-8-15(18-2)14(16)9-12/h5,8-9,11,13,17H,3-4,6-7,10H2,1-2H3. The summed E-state index contributed by atoms with van der Waals surface area (Å²) in [5.74, 6) is 1.81. The molecule has 0 spiro atoms. The predicted molar refractivity (Wildman–Crippen MR) is 79.0 cm³/mol. The van der Waals surface area contributed by atoms with E-state index in [1.54, 1.807) is 7.11 Å². The van der Waals surface area contributed by atoms with Crippen LogP contribution in [0, 0.1) is 5.92 Å². The van der Waals surface area contributed by atoms with Gasteiger partial charge in [-0.25, -0.2) is 0 Å². The average molecular weight is 312 g/mol. The second-order valence-electron chi connectivity index (χ2n) is 5.31. The zero-order valence-electron chi connectivity index (χ0n) is 11.2. The number of halogens is 1. The van der Waals surface area contributed by atoms with E-state index in [0.29, 0.717) is 6.04 Å². The summed E-state index contributed by atoms with van der Waals surface area (Å²) in [6, 6.07) is 6.98. The highest BCUT2D eigenvalue weighted by atomic mass is 79.9. The Balaban J connectivity index is 1.84. The first kappa shape index (κ1) is 13.9. The maximum atomic E-state index is 5.24. The summed E-state index contributed by atoms with van der Waals surface area (Å²) in [4.78, 5) is 0. The van der Waals surface area contributed by atoms with Crippen LogP contribution < -0.4 is 10.1 Å². The van der Waals surface area contributed by atoms with Gasteiger partial charge in [0.2, 0.25) is 0 Å². The van der Waals surface area contributed by atoms with Gasteiger partial charge in [0.15, 0.2) is 0 Å². The number of rotatable bonds is 4. The molecular weight excluding hydrogens is 290 g/mol. The molecule has 0 saturated heterocycles. The highest BCUT2D eigenvalue weighted by Crippen LogP contribution is 2.26. The lowest BCUT2D eigenvalue weighted by atomic mass is 9.87. The van der Waals surface area contributed by atoms with E-state index in [-0.39, 0.29) is 0 Å². The first-order chi connectivity index (χ1) is 8.69. The Hall–Kier alpha value is -0.540. The van der Waals surface area contributed by atoms with E-state index in [1.165, 1.54) is 31.2 Å². The monoisotopic (exact) mass is 311 g/mol. The van der Waals surface area contributed by atoms with Crippen LogP contribution in [-0.2, 0) is 6.54 Å². The SMILES string of the molecule is COc1ccc(CNC2CCC(C)CC2)cc1Br. The molecule has 1 aliphatic carbocycles. The Kier molecular flexibility index (Phi) is 5.07. The van der Waals surface area contributed by atoms with Gasteiger partial charge in [-0.3, -0.25) is 0 Å². The minimum absolute atomic E-state index is 0.696. The van der Waals surface area contributed by atoms with Gasteiger partial charge in [0.05, 0.1) is 11.6 Å². The van der Waals surface area contributed by atoms with Crippen LogP contribution in [0.2, 0.25) is 0 Å². The van der Waals surface area contributed by atoms with E-state index in [9.17, 15) is 0 Å². The van der Waals surface area contributed by atoms with Crippen molar-refractivity contribution in [3.05, 3.63) is 28.2 Å². The zero-order valence-corrected chi connectivity index (χ0v) is 12.8. The summed E-state index contributed by atoms with van der Waals surface area (Å²) in [7, 11) is 1.70. The molecule has 1 aromatic carbocycles. The lowest BCUT2D eigenvalue weighted by Gasteiger charge is -2.27. The van der Waals surface area contributed by atoms with Crippen molar-refractivity contribution in [1.29, 1.82) is 0 Å². The average Bonchev–Trinajstić information content (AvgIpc) is 2.38. The van der Waals surface area contributed by atoms with Gasteiger partial charge in [0, 0.05) is 12.6 Å². The largest absolute Gasteiger partial charge is 0.496 e. The molecule has 1 fully saturated rings. The minimum Gasteiger partial charge on any atom is -0.496 e. The Morgan fingerprint density at radius 2 is 2.00 bits per heavy atom. The van der Waals surface area contributed by atoms with Gasteiger partial charge in [-0.05, 0) is 65.2 Å². The number of hydrogen-bond donors (Lipinski definition) is 1. The molecule has 1 N–H and O–H groups in total. The number of ether oxygens (including phenoxy) is 1. The molecule has 0 heterocycles. The molecule has 1 aromatic rings. The highest BCUT2D eigenvalue weighted by molar-refractivity contribution is 9.10. The van der Waals surface area contributed by atoms with E-state index in [2.05, 4.69) is 40.3 Å². The molecule has 1 saturated carbocycles. The summed E-state index contributed by atoms with van der Waals surface area (Å²) in [5.41, 5.74) is 1.31. The zero-order chi connectivity index (χ0) is 13.0. The normalized spacial score (nSPS) is 23.9. The van der Waals surface area contributed by atoms with Crippen LogP contribution in [0.15, 0.2) is 22.7 Å². The first-order valence-electron chi connectivity index (χ1n) is 6.75. The number of hydrogen-bond acceptors (Lipinski definition) is 2. The maximum absolute atomic E-state index is 5.24. The number of nitrogens with one attached hydrogen (secondary N) is 1. The van der Waals surface area contributed by atoms with Crippen LogP contribution in [-0.4, -0.2) is 13.2 Å². The van der Waals surface area contributed by atoms with Crippen LogP contribution in [0.25, 0.3) is 0 Å². The van der Waals surface area contributed by atoms with E-state index in [1.807, 2.05) is 6.07 Å². The fourth-order valence-corrected chi connectivity index (χ4v) is 3.13. The molecule has 2 nitrogen and oxygen atoms in total. The molecule has 1 aliphatic rings. The van der Waals surface area contributed by atoms with Gasteiger partial charge < -0.3 is 10.1 Å². The molecule has 2 rings (SSSR count). The van der Waals surface area contributed by atoms with Crippen LogP contribution in [0.5, 0.6) is 5.75 Å². The molecule has 18 heavy (non-hydrogen) atoms. The Morgan fingerprint density at radius 1 is 1.28 bits per heavy atom. The fraction of sp³-hybridized carbons (Fsp3) is 0.600. The van der Waals surface area contributed by atoms with Crippen LogP contribution in [0.4, 0.5) is 0 Å². The molecule has 0 aromatic heterocycles. The third-order valence-electron chi connectivity index (χ3n) is 3.83. The number of benzene rings is 1. The molecule has 0 atom stereocenters. The molecule has 0 aliphatic heterocycles. The predicted octanol–water partition coefficient (Wildman–Crippen LogP) is 4.13. The molecule has 0 radical (unpaired) electrons. The second-order valence-corrected chi connectivity index (χ2v) is 6.16. The van der Waals surface area contributed by atoms with E-state index in [0.717, 1.165) is 22.7 Å². The summed E-state index contributed by atoms with van der Waals surface area (Å²) in [6.07, 6.45) is 5.37. The Morgan fingerprint density at radius 3 is 2.61 bits per heavy atom. The van der Waals surface area contributed by atoms with Gasteiger partial charge in [-0.15, -0.1) is 0 Å². The fourth-order valence-electron chi connectivity index (χ4n) is 2.55. The van der Waals surface area contributed by atoms with Crippen LogP contribution >= 0.6 is 15.9 Å². The second kappa shape index (κ2) is 6.58. The van der Waals surface area contributed by atoms with Gasteiger partial charge in [0.1, 0.15) is 5.75 Å².